The summed E-state index contributed by atoms with van der Waals surface area (Å²) in [6, 6.07) is 5.79. The summed E-state index contributed by atoms with van der Waals surface area (Å²) in [5.74, 6) is -1.09. The molecule has 2 amide bonds. The zero-order valence-corrected chi connectivity index (χ0v) is 11.5. The average molecular weight is 288 g/mol. The maximum absolute atomic E-state index is 11.7. The zero-order valence-electron chi connectivity index (χ0n) is 11.5. The fraction of sp³-hybridized carbons (Fsp3) is 0.214. The van der Waals surface area contributed by atoms with E-state index in [-0.39, 0.29) is 11.3 Å². The van der Waals surface area contributed by atoms with Crippen LogP contribution in [-0.2, 0) is 6.54 Å². The van der Waals surface area contributed by atoms with E-state index in [1.165, 1.54) is 6.07 Å². The zero-order chi connectivity index (χ0) is 15.2. The minimum Gasteiger partial charge on any atom is -0.478 e. The third kappa shape index (κ3) is 4.07. The van der Waals surface area contributed by atoms with Crippen LogP contribution in [0.4, 0.5) is 10.5 Å². The number of para-hydroxylation sites is 1. The number of amides is 2. The largest absolute Gasteiger partial charge is 0.478 e. The van der Waals surface area contributed by atoms with Gasteiger partial charge in [-0.25, -0.2) is 9.59 Å². The maximum atomic E-state index is 11.7. The smallest absolute Gasteiger partial charge is 0.337 e. The molecule has 110 valence electrons. The van der Waals surface area contributed by atoms with Crippen molar-refractivity contribution in [3.05, 3.63) is 47.8 Å². The number of carboxylic acids is 1. The van der Waals surface area contributed by atoms with Gasteiger partial charge in [-0.15, -0.1) is 0 Å². The molecule has 0 aliphatic carbocycles. The molecule has 21 heavy (non-hydrogen) atoms. The average Bonchev–Trinajstić information content (AvgIpc) is 2.85. The van der Waals surface area contributed by atoms with E-state index < -0.39 is 12.0 Å². The Balaban J connectivity index is 1.86. The number of anilines is 1. The van der Waals surface area contributed by atoms with Gasteiger partial charge in [0.2, 0.25) is 0 Å². The SMILES string of the molecule is Cc1cnn(CCNC(=O)Nc2ccccc2C(=O)O)c1. The summed E-state index contributed by atoms with van der Waals surface area (Å²) < 4.78 is 1.72. The topological polar surface area (TPSA) is 96.3 Å². The summed E-state index contributed by atoms with van der Waals surface area (Å²) in [7, 11) is 0. The quantitative estimate of drug-likeness (QED) is 0.780. The van der Waals surface area contributed by atoms with Crippen LogP contribution in [0.1, 0.15) is 15.9 Å². The molecule has 2 aromatic rings. The van der Waals surface area contributed by atoms with E-state index in [4.69, 9.17) is 5.11 Å². The normalized spacial score (nSPS) is 10.1. The first-order valence-electron chi connectivity index (χ1n) is 6.42. The molecule has 0 aliphatic rings. The molecule has 0 unspecified atom stereocenters. The predicted molar refractivity (Wildman–Crippen MR) is 77.4 cm³/mol. The molecular weight excluding hydrogens is 272 g/mol. The molecule has 1 heterocycles. The molecule has 1 aromatic heterocycles. The first-order valence-corrected chi connectivity index (χ1v) is 6.42. The van der Waals surface area contributed by atoms with Gasteiger partial charge in [-0.1, -0.05) is 12.1 Å². The molecule has 3 N–H and O–H groups in total. The number of hydrogen-bond acceptors (Lipinski definition) is 3. The molecule has 0 radical (unpaired) electrons. The lowest BCUT2D eigenvalue weighted by molar-refractivity contribution is 0.0698. The van der Waals surface area contributed by atoms with Crippen molar-refractivity contribution in [1.82, 2.24) is 15.1 Å². The minimum absolute atomic E-state index is 0.0513. The number of carboxylic acid groups (broad SMARTS) is 1. The Kier molecular flexibility index (Phi) is 4.55. The van der Waals surface area contributed by atoms with Crippen LogP contribution >= 0.6 is 0 Å². The van der Waals surface area contributed by atoms with Gasteiger partial charge in [0.1, 0.15) is 0 Å². The fourth-order valence-corrected chi connectivity index (χ4v) is 1.82. The number of carbonyl (C=O) groups is 2. The number of rotatable bonds is 5. The van der Waals surface area contributed by atoms with Gasteiger partial charge >= 0.3 is 12.0 Å². The highest BCUT2D eigenvalue weighted by Gasteiger charge is 2.11. The summed E-state index contributed by atoms with van der Waals surface area (Å²) in [5, 5.41) is 18.3. The van der Waals surface area contributed by atoms with Crippen LogP contribution in [0.2, 0.25) is 0 Å². The lowest BCUT2D eigenvalue weighted by atomic mass is 10.2. The first kappa shape index (κ1) is 14.6. The van der Waals surface area contributed by atoms with Crippen molar-refractivity contribution in [1.29, 1.82) is 0 Å². The van der Waals surface area contributed by atoms with Gasteiger partial charge in [0.15, 0.2) is 0 Å². The minimum atomic E-state index is -1.09. The Hall–Kier alpha value is -2.83. The van der Waals surface area contributed by atoms with E-state index in [9.17, 15) is 9.59 Å². The van der Waals surface area contributed by atoms with E-state index >= 15 is 0 Å². The summed E-state index contributed by atoms with van der Waals surface area (Å²) in [4.78, 5) is 22.8. The van der Waals surface area contributed by atoms with E-state index in [2.05, 4.69) is 15.7 Å². The molecule has 0 spiro atoms. The highest BCUT2D eigenvalue weighted by molar-refractivity contribution is 5.99. The van der Waals surface area contributed by atoms with Crippen LogP contribution in [0.3, 0.4) is 0 Å². The van der Waals surface area contributed by atoms with Gasteiger partial charge < -0.3 is 15.7 Å². The Labute approximate surface area is 121 Å². The predicted octanol–water partition coefficient (Wildman–Crippen LogP) is 1.71. The van der Waals surface area contributed by atoms with Crippen molar-refractivity contribution < 1.29 is 14.7 Å². The van der Waals surface area contributed by atoms with Crippen molar-refractivity contribution in [3.63, 3.8) is 0 Å². The van der Waals surface area contributed by atoms with Gasteiger partial charge in [0, 0.05) is 12.7 Å². The lowest BCUT2D eigenvalue weighted by Crippen LogP contribution is -2.32. The highest BCUT2D eigenvalue weighted by atomic mass is 16.4. The van der Waals surface area contributed by atoms with Crippen LogP contribution in [0.25, 0.3) is 0 Å². The third-order valence-electron chi connectivity index (χ3n) is 2.79. The molecule has 7 heteroatoms. The number of nitrogens with zero attached hydrogens (tertiary/aromatic N) is 2. The lowest BCUT2D eigenvalue weighted by Gasteiger charge is -2.09. The molecular formula is C14H16N4O3. The first-order chi connectivity index (χ1) is 10.1. The number of nitrogens with one attached hydrogen (secondary N) is 2. The second-order valence-electron chi connectivity index (χ2n) is 4.51. The van der Waals surface area contributed by atoms with Crippen LogP contribution in [-0.4, -0.2) is 33.4 Å². The van der Waals surface area contributed by atoms with E-state index in [1.54, 1.807) is 29.1 Å². The van der Waals surface area contributed by atoms with Crippen molar-refractivity contribution in [2.24, 2.45) is 0 Å². The summed E-state index contributed by atoms with van der Waals surface area (Å²) >= 11 is 0. The summed E-state index contributed by atoms with van der Waals surface area (Å²) in [6.07, 6.45) is 3.61. The van der Waals surface area contributed by atoms with Gasteiger partial charge in [-0.2, -0.15) is 5.10 Å². The Morgan fingerprint density at radius 2 is 2.10 bits per heavy atom. The second-order valence-corrected chi connectivity index (χ2v) is 4.51. The number of hydrogen-bond donors (Lipinski definition) is 3. The van der Waals surface area contributed by atoms with Crippen LogP contribution in [0.5, 0.6) is 0 Å². The Bertz CT molecular complexity index is 651. The number of aromatic carboxylic acids is 1. The standard InChI is InChI=1S/C14H16N4O3/c1-10-8-16-18(9-10)7-6-15-14(21)17-12-5-3-2-4-11(12)13(19)20/h2-5,8-9H,6-7H2,1H3,(H,19,20)(H2,15,17,21). The summed E-state index contributed by atoms with van der Waals surface area (Å²) in [5.41, 5.74) is 1.36. The molecule has 0 saturated heterocycles. The molecule has 0 saturated carbocycles. The number of carbonyl (C=O) groups excluding carboxylic acids is 1. The molecule has 0 atom stereocenters. The fourth-order valence-electron chi connectivity index (χ4n) is 1.82. The van der Waals surface area contributed by atoms with Gasteiger partial charge in [0.25, 0.3) is 0 Å². The third-order valence-corrected chi connectivity index (χ3v) is 2.79. The molecule has 2 rings (SSSR count). The van der Waals surface area contributed by atoms with Crippen molar-refractivity contribution in [2.75, 3.05) is 11.9 Å². The molecule has 0 bridgehead atoms. The van der Waals surface area contributed by atoms with Gasteiger partial charge in [-0.05, 0) is 24.6 Å². The van der Waals surface area contributed by atoms with Crippen molar-refractivity contribution in [2.45, 2.75) is 13.5 Å². The van der Waals surface area contributed by atoms with E-state index in [1.807, 2.05) is 13.1 Å². The number of benzene rings is 1. The molecule has 0 fully saturated rings. The van der Waals surface area contributed by atoms with Crippen LogP contribution in [0, 0.1) is 6.92 Å². The van der Waals surface area contributed by atoms with Gasteiger partial charge in [-0.3, -0.25) is 4.68 Å². The van der Waals surface area contributed by atoms with Gasteiger partial charge in [0.05, 0.1) is 24.0 Å². The van der Waals surface area contributed by atoms with Crippen molar-refractivity contribution in [3.8, 4) is 0 Å². The number of aryl methyl sites for hydroxylation is 1. The summed E-state index contributed by atoms with van der Waals surface area (Å²) in [6.45, 7) is 2.87. The van der Waals surface area contributed by atoms with Crippen molar-refractivity contribution >= 4 is 17.7 Å². The molecule has 0 aliphatic heterocycles. The number of aromatic nitrogens is 2. The van der Waals surface area contributed by atoms with E-state index in [0.29, 0.717) is 13.1 Å². The highest BCUT2D eigenvalue weighted by Crippen LogP contribution is 2.14. The molecule has 7 nitrogen and oxygen atoms in total. The van der Waals surface area contributed by atoms with Crippen LogP contribution in [0.15, 0.2) is 36.7 Å². The maximum Gasteiger partial charge on any atom is 0.337 e. The number of urea groups is 1. The van der Waals surface area contributed by atoms with E-state index in [0.717, 1.165) is 5.56 Å². The second kappa shape index (κ2) is 6.56. The monoisotopic (exact) mass is 288 g/mol. The Morgan fingerprint density at radius 3 is 2.76 bits per heavy atom. The molecule has 1 aromatic carbocycles. The Morgan fingerprint density at radius 1 is 1.33 bits per heavy atom. The van der Waals surface area contributed by atoms with Crippen LogP contribution < -0.4 is 10.6 Å².